The monoisotopic (exact) mass is 450 g/mol. The number of hydrogen-bond acceptors (Lipinski definition) is 1. The van der Waals surface area contributed by atoms with Crippen LogP contribution in [-0.2, 0) is 5.41 Å². The molecule has 0 atom stereocenters. The van der Waals surface area contributed by atoms with Crippen LogP contribution in [0.5, 0.6) is 0 Å². The molecule has 1 aromatic heterocycles. The number of hydrogen-bond donors (Lipinski definition) is 0. The molecule has 0 bridgehead atoms. The summed E-state index contributed by atoms with van der Waals surface area (Å²) < 4.78 is 2.84. The highest BCUT2D eigenvalue weighted by Crippen LogP contribution is 2.56. The van der Waals surface area contributed by atoms with Crippen LogP contribution in [0.15, 0.2) is 109 Å². The van der Waals surface area contributed by atoms with E-state index < -0.39 is 0 Å². The molecule has 0 fully saturated rings. The lowest BCUT2D eigenvalue weighted by Gasteiger charge is -2.40. The third kappa shape index (κ3) is 2.11. The van der Waals surface area contributed by atoms with E-state index in [2.05, 4.69) is 109 Å². The van der Waals surface area contributed by atoms with Crippen molar-refractivity contribution in [2.24, 2.45) is 0 Å². The van der Waals surface area contributed by atoms with Gasteiger partial charge >= 0.3 is 0 Å². The fourth-order valence-corrected chi connectivity index (χ4v) is 9.21. The van der Waals surface area contributed by atoms with Crippen molar-refractivity contribution in [3.63, 3.8) is 0 Å². The molecule has 0 unspecified atom stereocenters. The molecular weight excluding hydrogens is 432 g/mol. The van der Waals surface area contributed by atoms with Crippen molar-refractivity contribution in [3.8, 4) is 11.1 Å². The summed E-state index contributed by atoms with van der Waals surface area (Å²) in [4.78, 5) is 0. The standard InChI is InChI=1S/C31H18SSi/c1-4-12-23-19(9-1)20-10-2-5-13-24(20)31(23)25-14-6-8-16-28(25)33-30-26(31)18-17-22-21-11-3-7-15-27(21)32-29(22)30/h1-18H. The fourth-order valence-electron chi connectivity index (χ4n) is 6.24. The Bertz CT molecular complexity index is 1710. The van der Waals surface area contributed by atoms with E-state index >= 15 is 0 Å². The second-order valence-corrected chi connectivity index (χ2v) is 11.3. The number of rotatable bonds is 0. The highest BCUT2D eigenvalue weighted by atomic mass is 32.1. The van der Waals surface area contributed by atoms with Gasteiger partial charge in [-0.3, -0.25) is 0 Å². The van der Waals surface area contributed by atoms with Crippen LogP contribution in [-0.4, -0.2) is 9.52 Å². The van der Waals surface area contributed by atoms with Crippen molar-refractivity contribution in [2.45, 2.75) is 5.41 Å². The predicted molar refractivity (Wildman–Crippen MR) is 142 cm³/mol. The molecule has 0 amide bonds. The minimum Gasteiger partial charge on any atom is -0.135 e. The van der Waals surface area contributed by atoms with Gasteiger partial charge in [-0.15, -0.1) is 11.3 Å². The van der Waals surface area contributed by atoms with Crippen LogP contribution in [0.1, 0.15) is 22.3 Å². The lowest BCUT2D eigenvalue weighted by atomic mass is 9.67. The summed E-state index contributed by atoms with van der Waals surface area (Å²) in [6.07, 6.45) is 0. The van der Waals surface area contributed by atoms with E-state index in [1.165, 1.54) is 63.9 Å². The summed E-state index contributed by atoms with van der Waals surface area (Å²) in [5, 5.41) is 5.78. The zero-order valence-corrected chi connectivity index (χ0v) is 19.6. The van der Waals surface area contributed by atoms with Crippen molar-refractivity contribution >= 4 is 51.4 Å². The van der Waals surface area contributed by atoms with E-state index in [1.807, 2.05) is 11.3 Å². The summed E-state index contributed by atoms with van der Waals surface area (Å²) in [6.45, 7) is 0. The first-order valence-corrected chi connectivity index (χ1v) is 13.2. The summed E-state index contributed by atoms with van der Waals surface area (Å²) >= 11 is 1.96. The Balaban J connectivity index is 1.60. The van der Waals surface area contributed by atoms with Crippen LogP contribution < -0.4 is 10.4 Å². The Hall–Kier alpha value is -3.46. The Morgan fingerprint density at radius 2 is 1.15 bits per heavy atom. The lowest BCUT2D eigenvalue weighted by molar-refractivity contribution is 0.777. The Morgan fingerprint density at radius 1 is 0.515 bits per heavy atom. The molecule has 2 aliphatic rings. The minimum absolute atomic E-state index is 0.255. The van der Waals surface area contributed by atoms with E-state index in [0.717, 1.165) is 0 Å². The molecule has 0 saturated heterocycles. The van der Waals surface area contributed by atoms with Gasteiger partial charge in [0.2, 0.25) is 0 Å². The second-order valence-electron chi connectivity index (χ2n) is 8.97. The molecule has 8 rings (SSSR count). The molecule has 6 aromatic rings. The van der Waals surface area contributed by atoms with Crippen molar-refractivity contribution in [2.75, 3.05) is 0 Å². The maximum Gasteiger partial charge on any atom is 0.124 e. The highest BCUT2D eigenvalue weighted by Gasteiger charge is 2.50. The van der Waals surface area contributed by atoms with Gasteiger partial charge in [0, 0.05) is 20.2 Å². The van der Waals surface area contributed by atoms with E-state index in [4.69, 9.17) is 0 Å². The van der Waals surface area contributed by atoms with Gasteiger partial charge in [0.25, 0.3) is 0 Å². The van der Waals surface area contributed by atoms with Crippen LogP contribution >= 0.6 is 11.3 Å². The van der Waals surface area contributed by atoms with Gasteiger partial charge in [-0.2, -0.15) is 0 Å². The highest BCUT2D eigenvalue weighted by molar-refractivity contribution is 7.27. The largest absolute Gasteiger partial charge is 0.135 e. The molecule has 1 aliphatic carbocycles. The third-order valence-electron chi connectivity index (χ3n) is 7.49. The molecule has 5 aromatic carbocycles. The number of fused-ring (bicyclic) bond motifs is 13. The van der Waals surface area contributed by atoms with Crippen molar-refractivity contribution in [1.82, 2.24) is 0 Å². The van der Waals surface area contributed by atoms with Gasteiger partial charge in [-0.25, -0.2) is 0 Å². The Labute approximate surface area is 199 Å². The maximum atomic E-state index is 2.44. The van der Waals surface area contributed by atoms with Gasteiger partial charge < -0.3 is 0 Å². The molecule has 1 aliphatic heterocycles. The van der Waals surface area contributed by atoms with Crippen LogP contribution in [0.4, 0.5) is 0 Å². The quantitative estimate of drug-likeness (QED) is 0.235. The van der Waals surface area contributed by atoms with Gasteiger partial charge in [-0.1, -0.05) is 108 Å². The lowest BCUT2D eigenvalue weighted by Crippen LogP contribution is -2.49. The smallest absolute Gasteiger partial charge is 0.124 e. The molecular formula is C31H18SSi. The summed E-state index contributed by atoms with van der Waals surface area (Å²) in [5.74, 6) is 0. The molecule has 0 saturated carbocycles. The van der Waals surface area contributed by atoms with Gasteiger partial charge in [-0.05, 0) is 44.6 Å². The van der Waals surface area contributed by atoms with Crippen LogP contribution in [0.3, 0.4) is 0 Å². The Kier molecular flexibility index (Phi) is 3.45. The average molecular weight is 451 g/mol. The second kappa shape index (κ2) is 6.32. The number of thiophene rings is 1. The molecule has 0 N–H and O–H groups in total. The molecule has 152 valence electrons. The zero-order valence-electron chi connectivity index (χ0n) is 17.8. The molecule has 33 heavy (non-hydrogen) atoms. The first-order valence-electron chi connectivity index (χ1n) is 11.4. The van der Waals surface area contributed by atoms with E-state index in [1.54, 1.807) is 0 Å². The Morgan fingerprint density at radius 3 is 1.94 bits per heavy atom. The van der Waals surface area contributed by atoms with Gasteiger partial charge in [0.05, 0.1) is 5.41 Å². The van der Waals surface area contributed by atoms with Crippen LogP contribution in [0.25, 0.3) is 31.3 Å². The summed E-state index contributed by atoms with van der Waals surface area (Å²) in [6, 6.07) is 41.0. The first-order chi connectivity index (χ1) is 16.4. The fraction of sp³-hybridized carbons (Fsp3) is 0.0323. The first kappa shape index (κ1) is 18.0. The normalized spacial score (nSPS) is 14.8. The van der Waals surface area contributed by atoms with Crippen LogP contribution in [0.2, 0.25) is 0 Å². The number of benzene rings is 5. The predicted octanol–water partition coefficient (Wildman–Crippen LogP) is 6.39. The summed E-state index contributed by atoms with van der Waals surface area (Å²) in [7, 11) is 0.668. The molecule has 2 radical (unpaired) electrons. The SMILES string of the molecule is c1ccc2c(c1)[Si]c1c(ccc3c1sc1ccccc13)C21c2ccccc2-c2ccccc21. The zero-order chi connectivity index (χ0) is 21.6. The minimum atomic E-state index is -0.255. The molecule has 2 heteroatoms. The van der Waals surface area contributed by atoms with Gasteiger partial charge in [0.15, 0.2) is 0 Å². The third-order valence-corrected chi connectivity index (χ3v) is 10.4. The van der Waals surface area contributed by atoms with E-state index in [9.17, 15) is 0 Å². The van der Waals surface area contributed by atoms with Crippen molar-refractivity contribution in [1.29, 1.82) is 0 Å². The van der Waals surface area contributed by atoms with Crippen molar-refractivity contribution < 1.29 is 0 Å². The van der Waals surface area contributed by atoms with Crippen LogP contribution in [0, 0.1) is 0 Å². The molecule has 2 heterocycles. The van der Waals surface area contributed by atoms with Crippen molar-refractivity contribution in [3.05, 3.63) is 131 Å². The van der Waals surface area contributed by atoms with E-state index in [-0.39, 0.29) is 5.41 Å². The van der Waals surface area contributed by atoms with E-state index in [0.29, 0.717) is 9.52 Å². The maximum absolute atomic E-state index is 2.44. The average Bonchev–Trinajstić information content (AvgIpc) is 3.40. The summed E-state index contributed by atoms with van der Waals surface area (Å²) in [5.41, 5.74) is 8.25. The molecule has 0 nitrogen and oxygen atoms in total. The topological polar surface area (TPSA) is 0 Å². The van der Waals surface area contributed by atoms with Gasteiger partial charge in [0.1, 0.15) is 9.52 Å². The molecule has 1 spiro atoms.